The Balaban J connectivity index is 1.46. The molecule has 2 fully saturated rings. The Morgan fingerprint density at radius 3 is 2.96 bits per heavy atom. The van der Waals surface area contributed by atoms with Gasteiger partial charge < -0.3 is 4.90 Å². The van der Waals surface area contributed by atoms with Crippen molar-refractivity contribution in [3.8, 4) is 0 Å². The number of amides is 1. The maximum absolute atomic E-state index is 12.6. The Kier molecular flexibility index (Phi) is 4.62. The van der Waals surface area contributed by atoms with E-state index in [1.165, 1.54) is 48.7 Å². The van der Waals surface area contributed by atoms with E-state index in [9.17, 15) is 4.79 Å². The number of hydrogen-bond donors (Lipinski definition) is 1. The van der Waals surface area contributed by atoms with Gasteiger partial charge in [0.2, 0.25) is 0 Å². The van der Waals surface area contributed by atoms with E-state index < -0.39 is 0 Å². The molecular formula is C17H23N5OS. The molecule has 6 nitrogen and oxygen atoms in total. The van der Waals surface area contributed by atoms with Gasteiger partial charge in [0.15, 0.2) is 0 Å². The fourth-order valence-corrected chi connectivity index (χ4v) is 4.37. The SMILES string of the molecule is O=C(c1ccsn1)N1CCCC(c2[nH]ncc2CN2CCCC2)C1. The molecule has 1 atom stereocenters. The number of aromatic nitrogens is 3. The summed E-state index contributed by atoms with van der Waals surface area (Å²) in [5.41, 5.74) is 3.09. The normalized spacial score (nSPS) is 22.2. The molecule has 1 amide bonds. The molecule has 2 aliphatic heterocycles. The predicted molar refractivity (Wildman–Crippen MR) is 93.1 cm³/mol. The van der Waals surface area contributed by atoms with E-state index in [1.54, 1.807) is 0 Å². The van der Waals surface area contributed by atoms with Gasteiger partial charge in [-0.1, -0.05) is 0 Å². The number of nitrogens with one attached hydrogen (secondary N) is 1. The Morgan fingerprint density at radius 2 is 2.17 bits per heavy atom. The van der Waals surface area contributed by atoms with Crippen LogP contribution in [0.1, 0.15) is 53.3 Å². The molecule has 128 valence electrons. The van der Waals surface area contributed by atoms with E-state index in [0.29, 0.717) is 11.6 Å². The summed E-state index contributed by atoms with van der Waals surface area (Å²) in [5.74, 6) is 0.406. The van der Waals surface area contributed by atoms with Crippen molar-refractivity contribution in [2.45, 2.75) is 38.1 Å². The summed E-state index contributed by atoms with van der Waals surface area (Å²) in [6.07, 6.45) is 6.70. The van der Waals surface area contributed by atoms with E-state index >= 15 is 0 Å². The zero-order valence-electron chi connectivity index (χ0n) is 13.8. The van der Waals surface area contributed by atoms with Gasteiger partial charge in [-0.2, -0.15) is 9.47 Å². The summed E-state index contributed by atoms with van der Waals surface area (Å²) in [5, 5.41) is 9.37. The van der Waals surface area contributed by atoms with Crippen molar-refractivity contribution in [1.29, 1.82) is 0 Å². The van der Waals surface area contributed by atoms with Crippen molar-refractivity contribution in [2.24, 2.45) is 0 Å². The fraction of sp³-hybridized carbons (Fsp3) is 0.588. The number of H-pyrrole nitrogens is 1. The van der Waals surface area contributed by atoms with Crippen LogP contribution in [0.2, 0.25) is 0 Å². The first-order valence-electron chi connectivity index (χ1n) is 8.75. The van der Waals surface area contributed by atoms with Crippen molar-refractivity contribution >= 4 is 17.4 Å². The molecule has 0 bridgehead atoms. The molecule has 2 aromatic heterocycles. The average Bonchev–Trinajstić information content (AvgIpc) is 3.37. The van der Waals surface area contributed by atoms with Crippen molar-refractivity contribution < 1.29 is 4.79 Å². The summed E-state index contributed by atoms with van der Waals surface area (Å²) in [6, 6.07) is 1.81. The molecule has 4 rings (SSSR count). The molecule has 0 radical (unpaired) electrons. The molecular weight excluding hydrogens is 322 g/mol. The van der Waals surface area contributed by atoms with Crippen LogP contribution >= 0.6 is 11.5 Å². The second-order valence-corrected chi connectivity index (χ2v) is 7.43. The van der Waals surface area contributed by atoms with Crippen LogP contribution in [0.15, 0.2) is 17.6 Å². The summed E-state index contributed by atoms with van der Waals surface area (Å²) >= 11 is 1.33. The zero-order chi connectivity index (χ0) is 16.4. The first-order chi connectivity index (χ1) is 11.8. The van der Waals surface area contributed by atoms with Crippen molar-refractivity contribution in [3.05, 3.63) is 34.6 Å². The van der Waals surface area contributed by atoms with E-state index in [0.717, 1.165) is 32.5 Å². The molecule has 24 heavy (non-hydrogen) atoms. The molecule has 4 heterocycles. The minimum absolute atomic E-state index is 0.0570. The lowest BCUT2D eigenvalue weighted by Crippen LogP contribution is -2.39. The number of nitrogens with zero attached hydrogens (tertiary/aromatic N) is 4. The van der Waals surface area contributed by atoms with Crippen LogP contribution in [0, 0.1) is 0 Å². The highest BCUT2D eigenvalue weighted by molar-refractivity contribution is 7.03. The predicted octanol–water partition coefficient (Wildman–Crippen LogP) is 2.48. The second kappa shape index (κ2) is 7.03. The van der Waals surface area contributed by atoms with Crippen LogP contribution in [0.3, 0.4) is 0 Å². The Bertz CT molecular complexity index is 677. The van der Waals surface area contributed by atoms with Gasteiger partial charge in [-0.05, 0) is 56.4 Å². The first-order valence-corrected chi connectivity index (χ1v) is 9.59. The van der Waals surface area contributed by atoms with Gasteiger partial charge in [0, 0.05) is 42.2 Å². The maximum atomic E-state index is 12.6. The van der Waals surface area contributed by atoms with Crippen LogP contribution in [0.4, 0.5) is 0 Å². The van der Waals surface area contributed by atoms with Gasteiger partial charge in [-0.3, -0.25) is 14.8 Å². The van der Waals surface area contributed by atoms with E-state index in [4.69, 9.17) is 0 Å². The summed E-state index contributed by atoms with van der Waals surface area (Å²) < 4.78 is 4.19. The third kappa shape index (κ3) is 3.23. The smallest absolute Gasteiger partial charge is 0.273 e. The topological polar surface area (TPSA) is 65.1 Å². The average molecular weight is 345 g/mol. The van der Waals surface area contributed by atoms with E-state index in [1.807, 2.05) is 22.5 Å². The van der Waals surface area contributed by atoms with Crippen LogP contribution < -0.4 is 0 Å². The second-order valence-electron chi connectivity index (χ2n) is 6.77. The monoisotopic (exact) mass is 345 g/mol. The minimum atomic E-state index is 0.0570. The van der Waals surface area contributed by atoms with Gasteiger partial charge >= 0.3 is 0 Å². The fourth-order valence-electron chi connectivity index (χ4n) is 3.86. The highest BCUT2D eigenvalue weighted by Gasteiger charge is 2.29. The lowest BCUT2D eigenvalue weighted by atomic mass is 9.92. The number of carbonyl (C=O) groups is 1. The molecule has 2 aromatic rings. The molecule has 0 aromatic carbocycles. The van der Waals surface area contributed by atoms with Gasteiger partial charge in [0.25, 0.3) is 5.91 Å². The molecule has 7 heteroatoms. The zero-order valence-corrected chi connectivity index (χ0v) is 14.6. The quantitative estimate of drug-likeness (QED) is 0.924. The van der Waals surface area contributed by atoms with Crippen LogP contribution in [-0.4, -0.2) is 56.5 Å². The Morgan fingerprint density at radius 1 is 1.29 bits per heavy atom. The van der Waals surface area contributed by atoms with Crippen molar-refractivity contribution in [1.82, 2.24) is 24.4 Å². The minimum Gasteiger partial charge on any atom is -0.337 e. The van der Waals surface area contributed by atoms with Crippen LogP contribution in [-0.2, 0) is 6.54 Å². The molecule has 0 spiro atoms. The maximum Gasteiger partial charge on any atom is 0.273 e. The summed E-state index contributed by atoms with van der Waals surface area (Å²) in [4.78, 5) is 17.0. The molecule has 1 unspecified atom stereocenters. The van der Waals surface area contributed by atoms with Crippen LogP contribution in [0.25, 0.3) is 0 Å². The van der Waals surface area contributed by atoms with E-state index in [-0.39, 0.29) is 5.91 Å². The number of aromatic amines is 1. The third-order valence-electron chi connectivity index (χ3n) is 5.12. The number of rotatable bonds is 4. The first kappa shape index (κ1) is 15.8. The molecule has 0 saturated carbocycles. The molecule has 0 aliphatic carbocycles. The standard InChI is InChI=1S/C17H23N5OS/c23-17(15-5-9-24-20-15)22-8-3-4-13(12-22)16-14(10-18-19-16)11-21-6-1-2-7-21/h5,9-10,13H,1-4,6-8,11-12H2,(H,18,19). The van der Waals surface area contributed by atoms with Gasteiger partial charge in [-0.15, -0.1) is 0 Å². The summed E-state index contributed by atoms with van der Waals surface area (Å²) in [6.45, 7) is 4.92. The van der Waals surface area contributed by atoms with Crippen molar-refractivity contribution in [2.75, 3.05) is 26.2 Å². The molecule has 2 saturated heterocycles. The highest BCUT2D eigenvalue weighted by Crippen LogP contribution is 2.29. The number of piperidine rings is 1. The Labute approximate surface area is 146 Å². The van der Waals surface area contributed by atoms with Gasteiger partial charge in [0.05, 0.1) is 6.20 Å². The lowest BCUT2D eigenvalue weighted by Gasteiger charge is -2.32. The lowest BCUT2D eigenvalue weighted by molar-refractivity contribution is 0.0700. The molecule has 2 aliphatic rings. The third-order valence-corrected chi connectivity index (χ3v) is 5.68. The number of likely N-dealkylation sites (tertiary alicyclic amines) is 2. The Hall–Kier alpha value is -1.73. The largest absolute Gasteiger partial charge is 0.337 e. The summed E-state index contributed by atoms with van der Waals surface area (Å²) in [7, 11) is 0. The molecule has 1 N–H and O–H groups in total. The van der Waals surface area contributed by atoms with E-state index in [2.05, 4.69) is 19.5 Å². The number of hydrogen-bond acceptors (Lipinski definition) is 5. The van der Waals surface area contributed by atoms with Gasteiger partial charge in [-0.25, -0.2) is 0 Å². The number of carbonyl (C=O) groups excluding carboxylic acids is 1. The van der Waals surface area contributed by atoms with Gasteiger partial charge in [0.1, 0.15) is 5.69 Å². The highest BCUT2D eigenvalue weighted by atomic mass is 32.1. The van der Waals surface area contributed by atoms with Crippen molar-refractivity contribution in [3.63, 3.8) is 0 Å². The van der Waals surface area contributed by atoms with Crippen LogP contribution in [0.5, 0.6) is 0 Å².